The van der Waals surface area contributed by atoms with E-state index in [0.717, 1.165) is 16.5 Å². The molecule has 6 aromatic rings. The molecule has 0 aliphatic rings. The zero-order valence-electron chi connectivity index (χ0n) is 22.9. The van der Waals surface area contributed by atoms with Crippen molar-refractivity contribution in [3.8, 4) is 0 Å². The molecule has 208 valence electrons. The second-order valence-corrected chi connectivity index (χ2v) is 10.0. The van der Waals surface area contributed by atoms with Gasteiger partial charge in [-0.15, -0.1) is 5.10 Å². The molecular formula is C33H28N6O3. The molecule has 0 radical (unpaired) electrons. The molecule has 1 atom stereocenters. The molecule has 2 amide bonds. The van der Waals surface area contributed by atoms with E-state index in [4.69, 9.17) is 0 Å². The summed E-state index contributed by atoms with van der Waals surface area (Å²) in [5, 5.41) is 12.2. The van der Waals surface area contributed by atoms with Crippen molar-refractivity contribution < 1.29 is 14.4 Å². The second-order valence-electron chi connectivity index (χ2n) is 10.0. The third-order valence-electron chi connectivity index (χ3n) is 7.24. The molecule has 2 heterocycles. The number of rotatable bonds is 9. The number of benzene rings is 4. The maximum atomic E-state index is 14.3. The lowest BCUT2D eigenvalue weighted by molar-refractivity contribution is -0.127. The summed E-state index contributed by atoms with van der Waals surface area (Å²) >= 11 is 0. The molecule has 0 saturated heterocycles. The fraction of sp³-hybridized carbons (Fsp3) is 0.121. The van der Waals surface area contributed by atoms with Crippen molar-refractivity contribution in [2.45, 2.75) is 26.1 Å². The zero-order chi connectivity index (χ0) is 29.1. The highest BCUT2D eigenvalue weighted by Crippen LogP contribution is 2.33. The first-order chi connectivity index (χ1) is 20.5. The summed E-state index contributed by atoms with van der Waals surface area (Å²) in [7, 11) is 0. The Morgan fingerprint density at radius 1 is 0.905 bits per heavy atom. The van der Waals surface area contributed by atoms with Gasteiger partial charge in [-0.1, -0.05) is 78.0 Å². The van der Waals surface area contributed by atoms with Crippen molar-refractivity contribution in [3.05, 3.63) is 126 Å². The summed E-state index contributed by atoms with van der Waals surface area (Å²) in [5.74, 6) is -0.908. The predicted octanol–water partition coefficient (Wildman–Crippen LogP) is 5.21. The summed E-state index contributed by atoms with van der Waals surface area (Å²) in [4.78, 5) is 45.6. The number of para-hydroxylation sites is 2. The van der Waals surface area contributed by atoms with Gasteiger partial charge in [0.15, 0.2) is 5.78 Å². The lowest BCUT2D eigenvalue weighted by atomic mass is 10.0. The van der Waals surface area contributed by atoms with Gasteiger partial charge < -0.3 is 10.3 Å². The van der Waals surface area contributed by atoms with Crippen LogP contribution in [-0.4, -0.2) is 37.6 Å². The molecule has 0 saturated carbocycles. The van der Waals surface area contributed by atoms with Crippen LogP contribution in [0.25, 0.3) is 21.9 Å². The average molecular weight is 557 g/mol. The Hall–Kier alpha value is -5.57. The van der Waals surface area contributed by atoms with Gasteiger partial charge >= 0.3 is 0 Å². The van der Waals surface area contributed by atoms with Crippen LogP contribution in [0.15, 0.2) is 109 Å². The van der Waals surface area contributed by atoms with Gasteiger partial charge in [0.25, 0.3) is 0 Å². The molecule has 0 bridgehead atoms. The number of hydrogen-bond donors (Lipinski definition) is 2. The van der Waals surface area contributed by atoms with E-state index in [1.807, 2.05) is 78.9 Å². The number of amides is 2. The van der Waals surface area contributed by atoms with Crippen LogP contribution in [0.4, 0.5) is 5.69 Å². The number of Topliss-reactive ketones (excluding diaryl/α,β-unsaturated/α-hetero) is 1. The van der Waals surface area contributed by atoms with Crippen LogP contribution in [-0.2, 0) is 22.7 Å². The highest BCUT2D eigenvalue weighted by Gasteiger charge is 2.35. The topological polar surface area (TPSA) is 113 Å². The lowest BCUT2D eigenvalue weighted by Crippen LogP contribution is -2.45. The highest BCUT2D eigenvalue weighted by atomic mass is 16.2. The van der Waals surface area contributed by atoms with Gasteiger partial charge in [-0.3, -0.25) is 19.3 Å². The number of fused-ring (bicyclic) bond motifs is 2. The number of aromatic amines is 1. The minimum Gasteiger partial charge on any atom is -0.361 e. The van der Waals surface area contributed by atoms with Crippen molar-refractivity contribution in [3.63, 3.8) is 0 Å². The van der Waals surface area contributed by atoms with Gasteiger partial charge in [-0.25, -0.2) is 4.68 Å². The monoisotopic (exact) mass is 556 g/mol. The maximum Gasteiger partial charge on any atom is 0.249 e. The van der Waals surface area contributed by atoms with Crippen LogP contribution in [0.2, 0.25) is 0 Å². The van der Waals surface area contributed by atoms with E-state index >= 15 is 0 Å². The van der Waals surface area contributed by atoms with E-state index in [2.05, 4.69) is 20.6 Å². The van der Waals surface area contributed by atoms with Crippen molar-refractivity contribution in [2.75, 3.05) is 4.90 Å². The molecule has 9 heteroatoms. The number of H-pyrrole nitrogens is 1. The Morgan fingerprint density at radius 3 is 2.50 bits per heavy atom. The summed E-state index contributed by atoms with van der Waals surface area (Å²) in [6.45, 7) is 1.58. The molecule has 0 spiro atoms. The minimum atomic E-state index is -1.06. The smallest absolute Gasteiger partial charge is 0.249 e. The molecule has 2 N–H and O–H groups in total. The molecule has 4 aromatic carbocycles. The third-order valence-corrected chi connectivity index (χ3v) is 7.24. The van der Waals surface area contributed by atoms with Crippen LogP contribution in [0.3, 0.4) is 0 Å². The van der Waals surface area contributed by atoms with Crippen molar-refractivity contribution in [2.24, 2.45) is 0 Å². The van der Waals surface area contributed by atoms with Gasteiger partial charge in [0, 0.05) is 40.5 Å². The Balaban J connectivity index is 1.47. The predicted molar refractivity (Wildman–Crippen MR) is 161 cm³/mol. The van der Waals surface area contributed by atoms with Crippen LogP contribution >= 0.6 is 0 Å². The Kier molecular flexibility index (Phi) is 7.30. The Bertz CT molecular complexity index is 1910. The van der Waals surface area contributed by atoms with Crippen LogP contribution in [0, 0.1) is 0 Å². The van der Waals surface area contributed by atoms with Crippen molar-refractivity contribution in [1.82, 2.24) is 25.3 Å². The first-order valence-electron chi connectivity index (χ1n) is 13.6. The molecular weight excluding hydrogens is 528 g/mol. The zero-order valence-corrected chi connectivity index (χ0v) is 22.9. The number of carbonyl (C=O) groups excluding carboxylic acids is 3. The molecule has 1 unspecified atom stereocenters. The van der Waals surface area contributed by atoms with Gasteiger partial charge in [0.05, 0.1) is 5.52 Å². The number of hydrogen-bond acceptors (Lipinski definition) is 5. The molecule has 9 nitrogen and oxygen atoms in total. The first kappa shape index (κ1) is 26.6. The van der Waals surface area contributed by atoms with E-state index in [9.17, 15) is 14.4 Å². The number of aromatic nitrogens is 4. The molecule has 6 rings (SSSR count). The molecule has 0 aliphatic carbocycles. The van der Waals surface area contributed by atoms with E-state index < -0.39 is 11.9 Å². The number of nitrogens with one attached hydrogen (secondary N) is 2. The minimum absolute atomic E-state index is 0.149. The number of nitrogens with zero attached hydrogens (tertiary/aromatic N) is 4. The van der Waals surface area contributed by atoms with Crippen molar-refractivity contribution in [1.29, 1.82) is 0 Å². The standard InChI is InChI=1S/C33H28N6O3/c1-22(40)24-12-9-13-25(18-24)39(31(41)21-38-30-17-8-7-16-29(30)36-37-38)32(27-20-34-28-15-6-5-14-26(27)28)33(42)35-19-23-10-3-2-4-11-23/h2-18,20,32,34H,19,21H2,1H3,(H,35,42). The average Bonchev–Trinajstić information content (AvgIpc) is 3.63. The van der Waals surface area contributed by atoms with E-state index in [0.29, 0.717) is 27.8 Å². The summed E-state index contributed by atoms with van der Waals surface area (Å²) in [5.41, 5.74) is 4.58. The molecule has 0 aliphatic heterocycles. The van der Waals surface area contributed by atoms with Crippen molar-refractivity contribution >= 4 is 45.2 Å². The summed E-state index contributed by atoms with van der Waals surface area (Å²) < 4.78 is 1.52. The summed E-state index contributed by atoms with van der Waals surface area (Å²) in [6, 6.07) is 30.3. The van der Waals surface area contributed by atoms with E-state index in [1.54, 1.807) is 30.5 Å². The number of ketones is 1. The highest BCUT2D eigenvalue weighted by molar-refractivity contribution is 6.05. The van der Waals surface area contributed by atoms with Crippen LogP contribution < -0.4 is 10.2 Å². The quantitative estimate of drug-likeness (QED) is 0.238. The number of anilines is 1. The van der Waals surface area contributed by atoms with Gasteiger partial charge in [-0.05, 0) is 42.8 Å². The maximum absolute atomic E-state index is 14.3. The Morgan fingerprint density at radius 2 is 1.67 bits per heavy atom. The fourth-order valence-electron chi connectivity index (χ4n) is 5.15. The van der Waals surface area contributed by atoms with Gasteiger partial charge in [-0.2, -0.15) is 0 Å². The number of carbonyl (C=O) groups is 3. The largest absolute Gasteiger partial charge is 0.361 e. The fourth-order valence-corrected chi connectivity index (χ4v) is 5.15. The van der Waals surface area contributed by atoms with Crippen LogP contribution in [0.1, 0.15) is 34.5 Å². The van der Waals surface area contributed by atoms with Gasteiger partial charge in [0.1, 0.15) is 18.1 Å². The normalized spacial score (nSPS) is 11.8. The summed E-state index contributed by atoms with van der Waals surface area (Å²) in [6.07, 6.45) is 1.76. The third kappa shape index (κ3) is 5.27. The van der Waals surface area contributed by atoms with Gasteiger partial charge in [0.2, 0.25) is 11.8 Å². The first-order valence-corrected chi connectivity index (χ1v) is 13.6. The SMILES string of the molecule is CC(=O)c1cccc(N(C(=O)Cn2nnc3ccccc32)C(C(=O)NCc2ccccc2)c2c[nH]c3ccccc23)c1. The van der Waals surface area contributed by atoms with E-state index in [1.165, 1.54) is 16.5 Å². The van der Waals surface area contributed by atoms with E-state index in [-0.39, 0.29) is 24.8 Å². The van der Waals surface area contributed by atoms with Crippen LogP contribution in [0.5, 0.6) is 0 Å². The lowest BCUT2D eigenvalue weighted by Gasteiger charge is -2.31. The molecule has 0 fully saturated rings. The molecule has 42 heavy (non-hydrogen) atoms. The molecule has 2 aromatic heterocycles. The second kappa shape index (κ2) is 11.5. The Labute approximate surface area is 241 Å².